The van der Waals surface area contributed by atoms with Crippen LogP contribution in [0.15, 0.2) is 18.3 Å². The summed E-state index contributed by atoms with van der Waals surface area (Å²) in [6.45, 7) is 7.65. The summed E-state index contributed by atoms with van der Waals surface area (Å²) in [5, 5.41) is 3.03. The molecule has 0 radical (unpaired) electrons. The molecule has 0 spiro atoms. The molecule has 0 fully saturated rings. The number of nitrogens with zero attached hydrogens (tertiary/aromatic N) is 3. The van der Waals surface area contributed by atoms with Crippen LogP contribution in [0.3, 0.4) is 0 Å². The van der Waals surface area contributed by atoms with Crippen LogP contribution in [0.2, 0.25) is 0 Å². The Morgan fingerprint density at radius 2 is 2.05 bits per heavy atom. The average molecular weight is 278 g/mol. The first kappa shape index (κ1) is 16.4. The quantitative estimate of drug-likeness (QED) is 0.785. The van der Waals surface area contributed by atoms with Crippen LogP contribution >= 0.6 is 0 Å². The Balaban J connectivity index is 2.72. The molecule has 1 heterocycles. The molecule has 0 aliphatic heterocycles. The van der Waals surface area contributed by atoms with Crippen molar-refractivity contribution in [2.45, 2.75) is 20.3 Å². The molecule has 0 unspecified atom stereocenters. The van der Waals surface area contributed by atoms with E-state index in [9.17, 15) is 4.79 Å². The second kappa shape index (κ2) is 8.53. The largest absolute Gasteiger partial charge is 0.357 e. The molecule has 0 aromatic carbocycles. The van der Waals surface area contributed by atoms with E-state index in [2.05, 4.69) is 29.0 Å². The third kappa shape index (κ3) is 4.49. The van der Waals surface area contributed by atoms with Crippen LogP contribution in [-0.4, -0.2) is 56.1 Å². The lowest BCUT2D eigenvalue weighted by molar-refractivity contribution is 0.0796. The van der Waals surface area contributed by atoms with Crippen molar-refractivity contribution in [3.63, 3.8) is 0 Å². The van der Waals surface area contributed by atoms with Crippen molar-refractivity contribution < 1.29 is 4.79 Å². The number of rotatable bonds is 8. The highest BCUT2D eigenvalue weighted by Gasteiger charge is 2.12. The fourth-order valence-electron chi connectivity index (χ4n) is 2.01. The minimum absolute atomic E-state index is 0.0119. The zero-order chi connectivity index (χ0) is 15.0. The number of anilines is 1. The van der Waals surface area contributed by atoms with Crippen molar-refractivity contribution >= 4 is 11.7 Å². The number of carbonyl (C=O) groups is 1. The minimum Gasteiger partial charge on any atom is -0.357 e. The first-order valence-electron chi connectivity index (χ1n) is 7.25. The maximum Gasteiger partial charge on any atom is 0.255 e. The summed E-state index contributed by atoms with van der Waals surface area (Å²) < 4.78 is 0. The van der Waals surface area contributed by atoms with Crippen LogP contribution in [0.25, 0.3) is 0 Å². The Kier molecular flexibility index (Phi) is 7.01. The third-order valence-electron chi connectivity index (χ3n) is 3.24. The number of hydrogen-bond donors (Lipinski definition) is 1. The van der Waals surface area contributed by atoms with Crippen molar-refractivity contribution in [3.05, 3.63) is 23.9 Å². The monoisotopic (exact) mass is 278 g/mol. The fraction of sp³-hybridized carbons (Fsp3) is 0.600. The lowest BCUT2D eigenvalue weighted by Gasteiger charge is -2.21. The number of aromatic nitrogens is 1. The van der Waals surface area contributed by atoms with Gasteiger partial charge in [0.15, 0.2) is 0 Å². The highest BCUT2D eigenvalue weighted by molar-refractivity contribution is 5.93. The average Bonchev–Trinajstić information content (AvgIpc) is 2.49. The number of amides is 1. The van der Waals surface area contributed by atoms with Gasteiger partial charge in [0.2, 0.25) is 0 Å². The second-order valence-corrected chi connectivity index (χ2v) is 4.82. The molecular formula is C15H26N4O. The predicted octanol–water partition coefficient (Wildman–Crippen LogP) is 1.61. The molecule has 1 aromatic heterocycles. The van der Waals surface area contributed by atoms with Crippen molar-refractivity contribution in [1.29, 1.82) is 0 Å². The lowest BCUT2D eigenvalue weighted by atomic mass is 10.2. The van der Waals surface area contributed by atoms with Crippen molar-refractivity contribution in [2.75, 3.05) is 45.2 Å². The van der Waals surface area contributed by atoms with E-state index in [0.717, 1.165) is 31.9 Å². The zero-order valence-electron chi connectivity index (χ0n) is 13.0. The SMILES string of the molecule is CCCN(CC)c1ccc(C(=O)N(C)CCNC)cn1. The van der Waals surface area contributed by atoms with Crippen LogP contribution in [-0.2, 0) is 0 Å². The van der Waals surface area contributed by atoms with Gasteiger partial charge in [-0.1, -0.05) is 6.92 Å². The van der Waals surface area contributed by atoms with Crippen LogP contribution in [0.4, 0.5) is 5.82 Å². The van der Waals surface area contributed by atoms with Gasteiger partial charge in [-0.15, -0.1) is 0 Å². The Morgan fingerprint density at radius 3 is 2.55 bits per heavy atom. The molecule has 5 nitrogen and oxygen atoms in total. The highest BCUT2D eigenvalue weighted by atomic mass is 16.2. The number of hydrogen-bond acceptors (Lipinski definition) is 4. The Morgan fingerprint density at radius 1 is 1.30 bits per heavy atom. The van der Waals surface area contributed by atoms with Gasteiger partial charge in [0.25, 0.3) is 5.91 Å². The maximum absolute atomic E-state index is 12.2. The summed E-state index contributed by atoms with van der Waals surface area (Å²) in [7, 11) is 3.69. The molecule has 1 amide bonds. The summed E-state index contributed by atoms with van der Waals surface area (Å²) in [5.41, 5.74) is 0.639. The summed E-state index contributed by atoms with van der Waals surface area (Å²) in [6, 6.07) is 3.79. The summed E-state index contributed by atoms with van der Waals surface area (Å²) in [4.78, 5) is 20.5. The second-order valence-electron chi connectivity index (χ2n) is 4.82. The van der Waals surface area contributed by atoms with Crippen LogP contribution in [0.1, 0.15) is 30.6 Å². The summed E-state index contributed by atoms with van der Waals surface area (Å²) >= 11 is 0. The van der Waals surface area contributed by atoms with Gasteiger partial charge in [-0.25, -0.2) is 4.98 Å². The Hall–Kier alpha value is -1.62. The van der Waals surface area contributed by atoms with Gasteiger partial charge < -0.3 is 15.1 Å². The van der Waals surface area contributed by atoms with E-state index in [0.29, 0.717) is 12.1 Å². The number of nitrogens with one attached hydrogen (secondary N) is 1. The molecular weight excluding hydrogens is 252 g/mol. The van der Waals surface area contributed by atoms with Gasteiger partial charge in [0.05, 0.1) is 5.56 Å². The van der Waals surface area contributed by atoms with Crippen molar-refractivity contribution in [1.82, 2.24) is 15.2 Å². The van der Waals surface area contributed by atoms with E-state index in [1.54, 1.807) is 11.1 Å². The molecule has 0 saturated carbocycles. The molecule has 1 N–H and O–H groups in total. The van der Waals surface area contributed by atoms with Crippen LogP contribution in [0, 0.1) is 0 Å². The molecule has 1 aromatic rings. The van der Waals surface area contributed by atoms with Gasteiger partial charge in [0.1, 0.15) is 5.82 Å². The molecule has 0 bridgehead atoms. The topological polar surface area (TPSA) is 48.5 Å². The first-order chi connectivity index (χ1) is 9.63. The van der Waals surface area contributed by atoms with Gasteiger partial charge in [0, 0.05) is 39.4 Å². The van der Waals surface area contributed by atoms with Crippen LogP contribution < -0.4 is 10.2 Å². The third-order valence-corrected chi connectivity index (χ3v) is 3.24. The van der Waals surface area contributed by atoms with Gasteiger partial charge >= 0.3 is 0 Å². The summed E-state index contributed by atoms with van der Waals surface area (Å²) in [5.74, 6) is 0.946. The molecule has 112 valence electrons. The number of likely N-dealkylation sites (N-methyl/N-ethyl adjacent to an activating group) is 2. The lowest BCUT2D eigenvalue weighted by Crippen LogP contribution is -2.33. The Bertz CT molecular complexity index is 405. The summed E-state index contributed by atoms with van der Waals surface area (Å²) in [6.07, 6.45) is 2.76. The molecule has 0 aliphatic carbocycles. The van der Waals surface area contributed by atoms with E-state index in [1.165, 1.54) is 0 Å². The van der Waals surface area contributed by atoms with Gasteiger partial charge in [-0.05, 0) is 32.5 Å². The van der Waals surface area contributed by atoms with E-state index in [4.69, 9.17) is 0 Å². The van der Waals surface area contributed by atoms with Gasteiger partial charge in [-0.2, -0.15) is 0 Å². The normalized spacial score (nSPS) is 10.4. The molecule has 5 heteroatoms. The fourth-order valence-corrected chi connectivity index (χ4v) is 2.01. The molecule has 0 saturated heterocycles. The van der Waals surface area contributed by atoms with Crippen molar-refractivity contribution in [2.24, 2.45) is 0 Å². The first-order valence-corrected chi connectivity index (χ1v) is 7.25. The van der Waals surface area contributed by atoms with E-state index in [1.807, 2.05) is 26.2 Å². The molecule has 0 atom stereocenters. The smallest absolute Gasteiger partial charge is 0.255 e. The molecule has 0 aliphatic rings. The highest BCUT2D eigenvalue weighted by Crippen LogP contribution is 2.12. The number of carbonyl (C=O) groups excluding carboxylic acids is 1. The van der Waals surface area contributed by atoms with Gasteiger partial charge in [-0.3, -0.25) is 4.79 Å². The van der Waals surface area contributed by atoms with Crippen LogP contribution in [0.5, 0.6) is 0 Å². The molecule has 1 rings (SSSR count). The Labute approximate surface area is 122 Å². The minimum atomic E-state index is 0.0119. The standard InChI is InChI=1S/C15H26N4O/c1-5-10-19(6-2)14-8-7-13(12-17-14)15(20)18(4)11-9-16-3/h7-8,12,16H,5-6,9-11H2,1-4H3. The van der Waals surface area contributed by atoms with Crippen molar-refractivity contribution in [3.8, 4) is 0 Å². The molecule has 20 heavy (non-hydrogen) atoms. The van der Waals surface area contributed by atoms with E-state index < -0.39 is 0 Å². The number of pyridine rings is 1. The predicted molar refractivity (Wildman–Crippen MR) is 83.3 cm³/mol. The zero-order valence-corrected chi connectivity index (χ0v) is 13.0. The van der Waals surface area contributed by atoms with E-state index in [-0.39, 0.29) is 5.91 Å². The van der Waals surface area contributed by atoms with E-state index >= 15 is 0 Å². The maximum atomic E-state index is 12.2.